The summed E-state index contributed by atoms with van der Waals surface area (Å²) >= 11 is 0.302. The van der Waals surface area contributed by atoms with E-state index in [-0.39, 0.29) is 0 Å². The quantitative estimate of drug-likeness (QED) is 0.472. The molecule has 1 aliphatic heterocycles. The summed E-state index contributed by atoms with van der Waals surface area (Å²) in [5.74, 6) is 0. The van der Waals surface area contributed by atoms with Crippen LogP contribution in [-0.4, -0.2) is 9.20 Å². The predicted molar refractivity (Wildman–Crippen MR) is 81.7 cm³/mol. The molecule has 0 bridgehead atoms. The van der Waals surface area contributed by atoms with Gasteiger partial charge in [0.15, 0.2) is 11.3 Å². The summed E-state index contributed by atoms with van der Waals surface area (Å²) < 4.78 is 10.7. The third-order valence-electron chi connectivity index (χ3n) is 3.35. The summed E-state index contributed by atoms with van der Waals surface area (Å²) in [5.41, 5.74) is 3.35. The van der Waals surface area contributed by atoms with Crippen molar-refractivity contribution < 1.29 is 4.21 Å². The van der Waals surface area contributed by atoms with Gasteiger partial charge in [0.05, 0.1) is 0 Å². The van der Waals surface area contributed by atoms with E-state index in [0.29, 0.717) is 28.4 Å². The van der Waals surface area contributed by atoms with Crippen LogP contribution < -0.4 is 4.65 Å². The predicted octanol–water partition coefficient (Wildman–Crippen LogP) is 3.32. The minimum Gasteiger partial charge on any atom is -0.616 e. The third kappa shape index (κ3) is 2.34. The van der Waals surface area contributed by atoms with Gasteiger partial charge in [0.2, 0.25) is 4.99 Å². The molecule has 0 amide bonds. The molecule has 0 saturated carbocycles. The lowest BCUT2D eigenvalue weighted by Crippen LogP contribution is -2.46. The van der Waals surface area contributed by atoms with Crippen molar-refractivity contribution in [2.24, 2.45) is 0 Å². The van der Waals surface area contributed by atoms with Crippen molar-refractivity contribution in [3.63, 3.8) is 0 Å². The van der Waals surface area contributed by atoms with Crippen LogP contribution in [0.1, 0.15) is 24.5 Å². The summed E-state index contributed by atoms with van der Waals surface area (Å²) in [6, 6.07) is 5.76. The number of quaternary nitrogens is 1. The average Bonchev–Trinajstić information content (AvgIpc) is 2.41. The van der Waals surface area contributed by atoms with Gasteiger partial charge >= 0.3 is 0 Å². The molecule has 0 spiro atoms. The first-order valence-electron chi connectivity index (χ1n) is 6.26. The highest BCUT2D eigenvalue weighted by atomic mass is 32.1. The molecule has 3 nitrogen and oxygen atoms in total. The molecule has 1 heterocycles. The summed E-state index contributed by atoms with van der Waals surface area (Å²) in [4.78, 5) is 0.318. The van der Waals surface area contributed by atoms with E-state index in [0.717, 1.165) is 16.7 Å². The van der Waals surface area contributed by atoms with Gasteiger partial charge < -0.3 is 5.21 Å². The van der Waals surface area contributed by atoms with Gasteiger partial charge in [-0.3, -0.25) is 4.65 Å². The Hall–Kier alpha value is -1.49. The molecule has 100 valence electrons. The normalized spacial score (nSPS) is 22.3. The topological polar surface area (TPSA) is 40.1 Å². The molecule has 1 aromatic rings. The van der Waals surface area contributed by atoms with Crippen molar-refractivity contribution in [3.05, 3.63) is 58.5 Å². The molecule has 0 fully saturated rings. The minimum absolute atomic E-state index is 0.302. The zero-order valence-electron chi connectivity index (χ0n) is 11.3. The molecular formula is C15H17NO2S. The Balaban J connectivity index is 2.66. The van der Waals surface area contributed by atoms with Crippen LogP contribution in [0, 0.1) is 19.1 Å². The molecular weight excluding hydrogens is 258 g/mol. The van der Waals surface area contributed by atoms with Gasteiger partial charge in [0, 0.05) is 17.2 Å². The molecule has 1 aliphatic rings. The maximum absolute atomic E-state index is 13.2. The monoisotopic (exact) mass is 275 g/mol. The third-order valence-corrected chi connectivity index (χ3v) is 4.04. The van der Waals surface area contributed by atoms with Crippen molar-refractivity contribution >= 4 is 21.9 Å². The van der Waals surface area contributed by atoms with Crippen molar-refractivity contribution in [2.45, 2.75) is 27.2 Å². The van der Waals surface area contributed by atoms with Crippen LogP contribution in [-0.2, 0) is 11.3 Å². The van der Waals surface area contributed by atoms with E-state index in [1.54, 1.807) is 6.08 Å². The fourth-order valence-electron chi connectivity index (χ4n) is 2.28. The Bertz CT molecular complexity index is 627. The Morgan fingerprint density at radius 2 is 2.05 bits per heavy atom. The van der Waals surface area contributed by atoms with Crippen molar-refractivity contribution in [3.8, 4) is 0 Å². The maximum Gasteiger partial charge on any atom is 0.239 e. The zero-order valence-corrected chi connectivity index (χ0v) is 12.2. The summed E-state index contributed by atoms with van der Waals surface area (Å²) in [6.45, 7) is 5.80. The number of rotatable bonds is 2. The average molecular weight is 275 g/mol. The van der Waals surface area contributed by atoms with Gasteiger partial charge in [-0.2, -0.15) is 0 Å². The first kappa shape index (κ1) is 13.9. The Labute approximate surface area is 117 Å². The zero-order chi connectivity index (χ0) is 14.0. The largest absolute Gasteiger partial charge is 0.616 e. The van der Waals surface area contributed by atoms with Crippen LogP contribution in [0.5, 0.6) is 0 Å². The molecule has 1 atom stereocenters. The highest BCUT2D eigenvalue weighted by molar-refractivity contribution is 7.67. The van der Waals surface area contributed by atoms with Gasteiger partial charge in [-0.25, -0.2) is 4.21 Å². The van der Waals surface area contributed by atoms with E-state index in [1.807, 2.05) is 45.0 Å². The van der Waals surface area contributed by atoms with Gasteiger partial charge in [-0.05, 0) is 38.0 Å². The summed E-state index contributed by atoms with van der Waals surface area (Å²) in [5, 5.41) is 13.2. The molecule has 0 saturated heterocycles. The lowest BCUT2D eigenvalue weighted by atomic mass is 10.1. The molecule has 1 unspecified atom stereocenters. The number of benzene rings is 1. The van der Waals surface area contributed by atoms with E-state index in [2.05, 4.69) is 0 Å². The van der Waals surface area contributed by atoms with E-state index in [1.165, 1.54) is 6.20 Å². The molecule has 19 heavy (non-hydrogen) atoms. The van der Waals surface area contributed by atoms with E-state index in [4.69, 9.17) is 0 Å². The number of aryl methyl sites for hydroxylation is 2. The Kier molecular flexibility index (Phi) is 3.85. The standard InChI is InChI=1S/C15H17NO2S/c1-4-13-6-5-9-16(17,15(13)19-18)14-10-11(2)7-8-12(14)3/h5-10H,4H2,1-3H3. The van der Waals surface area contributed by atoms with E-state index < -0.39 is 4.65 Å². The van der Waals surface area contributed by atoms with Gasteiger partial charge in [-0.15, -0.1) is 0 Å². The summed E-state index contributed by atoms with van der Waals surface area (Å²) in [6.07, 6.45) is 5.80. The van der Waals surface area contributed by atoms with Gasteiger partial charge in [0.25, 0.3) is 0 Å². The second-order valence-electron chi connectivity index (χ2n) is 4.72. The number of allylic oxidation sites excluding steroid dienone is 2. The Morgan fingerprint density at radius 3 is 2.68 bits per heavy atom. The second kappa shape index (κ2) is 5.25. The van der Waals surface area contributed by atoms with Gasteiger partial charge in [-0.1, -0.05) is 19.1 Å². The van der Waals surface area contributed by atoms with Crippen LogP contribution in [0.2, 0.25) is 0 Å². The smallest absolute Gasteiger partial charge is 0.239 e. The molecule has 0 aliphatic carbocycles. The minimum atomic E-state index is -0.776. The highest BCUT2D eigenvalue weighted by Gasteiger charge is 2.31. The molecule has 0 N–H and O–H groups in total. The van der Waals surface area contributed by atoms with Crippen LogP contribution >= 0.6 is 0 Å². The van der Waals surface area contributed by atoms with Crippen molar-refractivity contribution in [2.75, 3.05) is 0 Å². The SMILES string of the molecule is CCC1=CC=C[N+]([O-])(c2cc(C)ccc2C)C1=S=O. The fourth-order valence-corrected chi connectivity index (χ4v) is 2.87. The molecule has 0 aromatic heterocycles. The second-order valence-corrected chi connectivity index (χ2v) is 5.28. The van der Waals surface area contributed by atoms with Crippen molar-refractivity contribution in [1.29, 1.82) is 0 Å². The molecule has 2 rings (SSSR count). The van der Waals surface area contributed by atoms with Crippen LogP contribution in [0.25, 0.3) is 0 Å². The Morgan fingerprint density at radius 1 is 1.32 bits per heavy atom. The summed E-state index contributed by atoms with van der Waals surface area (Å²) in [7, 11) is 0. The lowest BCUT2D eigenvalue weighted by molar-refractivity contribution is 0.692. The van der Waals surface area contributed by atoms with Crippen LogP contribution in [0.4, 0.5) is 5.69 Å². The van der Waals surface area contributed by atoms with Gasteiger partial charge in [0.1, 0.15) is 11.9 Å². The first-order chi connectivity index (χ1) is 9.02. The molecule has 0 radical (unpaired) electrons. The molecule has 4 heteroatoms. The highest BCUT2D eigenvalue weighted by Crippen LogP contribution is 2.32. The number of nitrogens with zero attached hydrogens (tertiary/aromatic N) is 1. The first-order valence-corrected chi connectivity index (χ1v) is 7.00. The van der Waals surface area contributed by atoms with Crippen molar-refractivity contribution in [1.82, 2.24) is 4.65 Å². The fraction of sp³-hybridized carbons (Fsp3) is 0.267. The number of hydrogen-bond donors (Lipinski definition) is 0. The van der Waals surface area contributed by atoms with Crippen LogP contribution in [0.15, 0.2) is 42.1 Å². The molecule has 1 aromatic carbocycles. The maximum atomic E-state index is 13.2. The lowest BCUT2D eigenvalue weighted by Gasteiger charge is -2.40. The number of hydroxylamine groups is 2. The van der Waals surface area contributed by atoms with Crippen LogP contribution in [0.3, 0.4) is 0 Å². The van der Waals surface area contributed by atoms with E-state index in [9.17, 15) is 9.42 Å². The number of hydrogen-bond acceptors (Lipinski definition) is 2. The van der Waals surface area contributed by atoms with E-state index >= 15 is 0 Å².